The minimum atomic E-state index is -0.502. The summed E-state index contributed by atoms with van der Waals surface area (Å²) in [5.41, 5.74) is -0.126. The van der Waals surface area contributed by atoms with Crippen molar-refractivity contribution in [1.82, 2.24) is 0 Å². The molecule has 0 N–H and O–H groups in total. The molecule has 86 valence electrons. The minimum Gasteiger partial charge on any atom is -0.353 e. The molecule has 1 saturated carbocycles. The summed E-state index contributed by atoms with van der Waals surface area (Å²) >= 11 is 0. The van der Waals surface area contributed by atoms with E-state index in [9.17, 15) is 0 Å². The van der Waals surface area contributed by atoms with Crippen LogP contribution in [0.15, 0.2) is 0 Å². The van der Waals surface area contributed by atoms with Gasteiger partial charge in [-0.2, -0.15) is 0 Å². The van der Waals surface area contributed by atoms with Gasteiger partial charge in [-0.1, -0.05) is 0 Å². The Morgan fingerprint density at radius 3 is 2.40 bits per heavy atom. The van der Waals surface area contributed by atoms with Crippen molar-refractivity contribution in [3.63, 3.8) is 0 Å². The fourth-order valence-corrected chi connectivity index (χ4v) is 2.87. The van der Waals surface area contributed by atoms with E-state index >= 15 is 0 Å². The van der Waals surface area contributed by atoms with Crippen LogP contribution >= 0.6 is 0 Å². The van der Waals surface area contributed by atoms with Crippen molar-refractivity contribution in [3.8, 4) is 0 Å². The predicted octanol–water partition coefficient (Wildman–Crippen LogP) is 1.43. The van der Waals surface area contributed by atoms with Crippen LogP contribution < -0.4 is 0 Å². The second-order valence-electron chi connectivity index (χ2n) is 5.16. The molecule has 0 aromatic carbocycles. The van der Waals surface area contributed by atoms with Gasteiger partial charge in [0.1, 0.15) is 17.8 Å². The fourth-order valence-electron chi connectivity index (χ4n) is 2.87. The van der Waals surface area contributed by atoms with Crippen molar-refractivity contribution in [2.75, 3.05) is 7.11 Å². The molecule has 0 aromatic heterocycles. The Bertz CT molecular complexity index is 272. The van der Waals surface area contributed by atoms with Crippen LogP contribution in [0, 0.1) is 0 Å². The molecular formula is C11H18O4. The van der Waals surface area contributed by atoms with Gasteiger partial charge in [-0.15, -0.1) is 0 Å². The SMILES string of the molecule is COC1OC2(CCC2)C2OC(C)(C)OC12. The first-order valence-electron chi connectivity index (χ1n) is 5.63. The van der Waals surface area contributed by atoms with Crippen LogP contribution in [-0.4, -0.2) is 37.0 Å². The molecule has 1 aliphatic carbocycles. The van der Waals surface area contributed by atoms with E-state index in [0.717, 1.165) is 12.8 Å². The molecule has 4 heteroatoms. The number of methoxy groups -OCH3 is 1. The summed E-state index contributed by atoms with van der Waals surface area (Å²) < 4.78 is 23.0. The van der Waals surface area contributed by atoms with E-state index in [1.807, 2.05) is 13.8 Å². The monoisotopic (exact) mass is 214 g/mol. The van der Waals surface area contributed by atoms with Crippen LogP contribution in [0.25, 0.3) is 0 Å². The molecule has 3 unspecified atom stereocenters. The van der Waals surface area contributed by atoms with Crippen LogP contribution in [-0.2, 0) is 18.9 Å². The van der Waals surface area contributed by atoms with E-state index in [2.05, 4.69) is 0 Å². The molecular weight excluding hydrogens is 196 g/mol. The third-order valence-electron chi connectivity index (χ3n) is 3.70. The van der Waals surface area contributed by atoms with Gasteiger partial charge < -0.3 is 18.9 Å². The van der Waals surface area contributed by atoms with Crippen molar-refractivity contribution in [3.05, 3.63) is 0 Å². The summed E-state index contributed by atoms with van der Waals surface area (Å²) in [7, 11) is 1.66. The lowest BCUT2D eigenvalue weighted by Crippen LogP contribution is -2.48. The highest BCUT2D eigenvalue weighted by atomic mass is 16.8. The molecule has 3 fully saturated rings. The molecule has 0 radical (unpaired) electrons. The first-order valence-corrected chi connectivity index (χ1v) is 5.63. The quantitative estimate of drug-likeness (QED) is 0.661. The largest absolute Gasteiger partial charge is 0.353 e. The number of rotatable bonds is 1. The Morgan fingerprint density at radius 1 is 1.13 bits per heavy atom. The van der Waals surface area contributed by atoms with E-state index in [4.69, 9.17) is 18.9 Å². The number of ether oxygens (including phenoxy) is 4. The standard InChI is InChI=1S/C11H18O4/c1-10(2)13-7-8(14-10)11(5-4-6-11)15-9(7)12-3/h7-9H,4-6H2,1-3H3. The number of hydrogen-bond acceptors (Lipinski definition) is 4. The zero-order chi connectivity index (χ0) is 10.7. The molecule has 15 heavy (non-hydrogen) atoms. The second-order valence-corrected chi connectivity index (χ2v) is 5.16. The average molecular weight is 214 g/mol. The summed E-state index contributed by atoms with van der Waals surface area (Å²) in [4.78, 5) is 0. The van der Waals surface area contributed by atoms with Crippen molar-refractivity contribution in [1.29, 1.82) is 0 Å². The predicted molar refractivity (Wildman–Crippen MR) is 52.3 cm³/mol. The topological polar surface area (TPSA) is 36.9 Å². The van der Waals surface area contributed by atoms with Gasteiger partial charge in [0.15, 0.2) is 12.1 Å². The van der Waals surface area contributed by atoms with Gasteiger partial charge in [-0.05, 0) is 33.1 Å². The first kappa shape index (κ1) is 10.0. The number of fused-ring (bicyclic) bond motifs is 2. The van der Waals surface area contributed by atoms with Gasteiger partial charge >= 0.3 is 0 Å². The Hall–Kier alpha value is -0.160. The molecule has 2 saturated heterocycles. The molecule has 1 spiro atoms. The van der Waals surface area contributed by atoms with Crippen molar-refractivity contribution < 1.29 is 18.9 Å². The van der Waals surface area contributed by atoms with E-state index in [0.29, 0.717) is 0 Å². The summed E-state index contributed by atoms with van der Waals surface area (Å²) in [6.07, 6.45) is 3.05. The second kappa shape index (κ2) is 2.94. The third-order valence-corrected chi connectivity index (χ3v) is 3.70. The minimum absolute atomic E-state index is 0.0474. The summed E-state index contributed by atoms with van der Waals surface area (Å²) in [5, 5.41) is 0. The lowest BCUT2D eigenvalue weighted by atomic mass is 9.76. The molecule has 2 aliphatic heterocycles. The normalized spacial score (nSPS) is 45.4. The Morgan fingerprint density at radius 2 is 1.87 bits per heavy atom. The highest BCUT2D eigenvalue weighted by Gasteiger charge is 2.64. The molecule has 3 aliphatic rings. The van der Waals surface area contributed by atoms with Crippen molar-refractivity contribution >= 4 is 0 Å². The maximum Gasteiger partial charge on any atom is 0.186 e. The Balaban J connectivity index is 1.87. The van der Waals surface area contributed by atoms with Crippen molar-refractivity contribution in [2.45, 2.75) is 63.0 Å². The smallest absolute Gasteiger partial charge is 0.186 e. The lowest BCUT2D eigenvalue weighted by Gasteiger charge is -2.41. The van der Waals surface area contributed by atoms with Crippen LogP contribution in [0.1, 0.15) is 33.1 Å². The molecule has 0 aromatic rings. The van der Waals surface area contributed by atoms with E-state index in [1.165, 1.54) is 6.42 Å². The summed E-state index contributed by atoms with van der Waals surface area (Å²) in [6, 6.07) is 0. The molecule has 3 atom stereocenters. The van der Waals surface area contributed by atoms with E-state index in [-0.39, 0.29) is 24.1 Å². The van der Waals surface area contributed by atoms with Crippen molar-refractivity contribution in [2.24, 2.45) is 0 Å². The van der Waals surface area contributed by atoms with Gasteiger partial charge in [0, 0.05) is 7.11 Å². The maximum atomic E-state index is 5.94. The van der Waals surface area contributed by atoms with Gasteiger partial charge in [0.05, 0.1) is 0 Å². The number of hydrogen-bond donors (Lipinski definition) is 0. The Labute approximate surface area is 89.8 Å². The van der Waals surface area contributed by atoms with E-state index in [1.54, 1.807) is 7.11 Å². The van der Waals surface area contributed by atoms with Crippen LogP contribution in [0.2, 0.25) is 0 Å². The lowest BCUT2D eigenvalue weighted by molar-refractivity contribution is -0.264. The first-order chi connectivity index (χ1) is 7.06. The zero-order valence-electron chi connectivity index (χ0n) is 9.49. The zero-order valence-corrected chi connectivity index (χ0v) is 9.49. The Kier molecular flexibility index (Phi) is 1.97. The van der Waals surface area contributed by atoms with Crippen LogP contribution in [0.5, 0.6) is 0 Å². The average Bonchev–Trinajstić information content (AvgIpc) is 2.54. The maximum absolute atomic E-state index is 5.94. The highest BCUT2D eigenvalue weighted by Crippen LogP contribution is 2.52. The molecule has 4 nitrogen and oxygen atoms in total. The molecule has 0 amide bonds. The van der Waals surface area contributed by atoms with Crippen LogP contribution in [0.3, 0.4) is 0 Å². The summed E-state index contributed by atoms with van der Waals surface area (Å²) in [5.74, 6) is -0.502. The molecule has 0 bridgehead atoms. The fraction of sp³-hybridized carbons (Fsp3) is 1.00. The highest BCUT2D eigenvalue weighted by molar-refractivity contribution is 5.09. The van der Waals surface area contributed by atoms with E-state index < -0.39 is 5.79 Å². The van der Waals surface area contributed by atoms with Gasteiger partial charge in [-0.25, -0.2) is 0 Å². The van der Waals surface area contributed by atoms with Crippen LogP contribution in [0.4, 0.5) is 0 Å². The third kappa shape index (κ3) is 1.29. The summed E-state index contributed by atoms with van der Waals surface area (Å²) in [6.45, 7) is 3.90. The van der Waals surface area contributed by atoms with Gasteiger partial charge in [0.25, 0.3) is 0 Å². The van der Waals surface area contributed by atoms with Gasteiger partial charge in [-0.3, -0.25) is 0 Å². The molecule has 3 rings (SSSR count). The molecule has 2 heterocycles. The van der Waals surface area contributed by atoms with Gasteiger partial charge in [0.2, 0.25) is 0 Å².